The molecule has 0 aliphatic rings. The molecule has 0 fully saturated rings. The van der Waals surface area contributed by atoms with Crippen molar-refractivity contribution in [2.75, 3.05) is 11.9 Å². The highest BCUT2D eigenvalue weighted by Crippen LogP contribution is 2.31. The lowest BCUT2D eigenvalue weighted by Gasteiger charge is -2.12. The van der Waals surface area contributed by atoms with Gasteiger partial charge in [-0.15, -0.1) is 0 Å². The second kappa shape index (κ2) is 8.65. The van der Waals surface area contributed by atoms with Crippen molar-refractivity contribution in [1.29, 1.82) is 0 Å². The van der Waals surface area contributed by atoms with Gasteiger partial charge in [-0.1, -0.05) is 6.07 Å². The SMILES string of the molecule is CCOc1ccc(C(=O)NC(=S)Nc2cccc(C(F)(F)F)c2)cc1[N+](=O)[O-]. The zero-order valence-corrected chi connectivity index (χ0v) is 15.2. The molecule has 0 saturated heterocycles. The Balaban J connectivity index is 2.11. The maximum Gasteiger partial charge on any atom is 0.416 e. The average Bonchev–Trinajstić information content (AvgIpc) is 2.61. The highest BCUT2D eigenvalue weighted by atomic mass is 32.1. The number of anilines is 1. The van der Waals surface area contributed by atoms with Gasteiger partial charge in [0.1, 0.15) is 0 Å². The van der Waals surface area contributed by atoms with Gasteiger partial charge in [-0.2, -0.15) is 13.2 Å². The smallest absolute Gasteiger partial charge is 0.416 e. The van der Waals surface area contributed by atoms with Crippen molar-refractivity contribution >= 4 is 34.6 Å². The van der Waals surface area contributed by atoms with Crippen molar-refractivity contribution in [2.45, 2.75) is 13.1 Å². The summed E-state index contributed by atoms with van der Waals surface area (Å²) in [4.78, 5) is 22.7. The van der Waals surface area contributed by atoms with E-state index < -0.39 is 28.3 Å². The minimum Gasteiger partial charge on any atom is -0.487 e. The summed E-state index contributed by atoms with van der Waals surface area (Å²) in [6.07, 6.45) is -4.52. The summed E-state index contributed by atoms with van der Waals surface area (Å²) in [6, 6.07) is 7.86. The van der Waals surface area contributed by atoms with Crippen LogP contribution >= 0.6 is 12.2 Å². The van der Waals surface area contributed by atoms with Crippen LogP contribution in [0.5, 0.6) is 5.75 Å². The summed E-state index contributed by atoms with van der Waals surface area (Å²) >= 11 is 4.92. The number of nitrogens with one attached hydrogen (secondary N) is 2. The van der Waals surface area contributed by atoms with Crippen molar-refractivity contribution in [3.63, 3.8) is 0 Å². The summed E-state index contributed by atoms with van der Waals surface area (Å²) in [5, 5.41) is 15.6. The number of nitro groups is 1. The van der Waals surface area contributed by atoms with E-state index in [-0.39, 0.29) is 28.7 Å². The lowest BCUT2D eigenvalue weighted by atomic mass is 10.1. The van der Waals surface area contributed by atoms with E-state index in [1.165, 1.54) is 24.3 Å². The molecule has 2 N–H and O–H groups in total. The number of amides is 1. The average molecular weight is 413 g/mol. The summed E-state index contributed by atoms with van der Waals surface area (Å²) in [5.74, 6) is -0.760. The van der Waals surface area contributed by atoms with E-state index in [2.05, 4.69) is 10.6 Å². The number of halogens is 3. The van der Waals surface area contributed by atoms with E-state index in [0.29, 0.717) is 0 Å². The Morgan fingerprint density at radius 2 is 1.96 bits per heavy atom. The first kappa shape index (κ1) is 21.1. The van der Waals surface area contributed by atoms with E-state index in [1.54, 1.807) is 6.92 Å². The molecule has 11 heteroatoms. The molecule has 7 nitrogen and oxygen atoms in total. The van der Waals surface area contributed by atoms with Gasteiger partial charge in [-0.3, -0.25) is 20.2 Å². The second-order valence-corrected chi connectivity index (χ2v) is 5.77. The van der Waals surface area contributed by atoms with Crippen molar-refractivity contribution in [2.24, 2.45) is 0 Å². The van der Waals surface area contributed by atoms with E-state index >= 15 is 0 Å². The number of benzene rings is 2. The predicted molar refractivity (Wildman–Crippen MR) is 99.4 cm³/mol. The minimum absolute atomic E-state index is 0.00807. The molecule has 2 aromatic rings. The van der Waals surface area contributed by atoms with E-state index in [1.807, 2.05) is 0 Å². The predicted octanol–water partition coefficient (Wildman–Crippen LogP) is 4.14. The van der Waals surface area contributed by atoms with Gasteiger partial charge in [-0.05, 0) is 49.5 Å². The largest absolute Gasteiger partial charge is 0.487 e. The van der Waals surface area contributed by atoms with E-state index in [9.17, 15) is 28.1 Å². The molecule has 0 unspecified atom stereocenters. The molecule has 0 spiro atoms. The Labute approximate surface area is 162 Å². The fraction of sp³-hybridized carbons (Fsp3) is 0.176. The minimum atomic E-state index is -4.52. The number of hydrogen-bond donors (Lipinski definition) is 2. The number of carbonyl (C=O) groups is 1. The van der Waals surface area contributed by atoms with Crippen LogP contribution in [-0.4, -0.2) is 22.5 Å². The Morgan fingerprint density at radius 1 is 1.25 bits per heavy atom. The standard InChI is InChI=1S/C17H14F3N3O4S/c1-2-27-14-7-6-10(8-13(14)23(25)26)15(24)22-16(28)21-12-5-3-4-11(9-12)17(18,19)20/h3-9H,2H2,1H3,(H2,21,22,24,28). The van der Waals surface area contributed by atoms with Crippen molar-refractivity contribution in [3.05, 3.63) is 63.7 Å². The molecular formula is C17H14F3N3O4S. The van der Waals surface area contributed by atoms with Gasteiger partial charge in [0.05, 0.1) is 17.1 Å². The molecule has 0 saturated carbocycles. The number of ether oxygens (including phenoxy) is 1. The van der Waals surface area contributed by atoms with Gasteiger partial charge in [0.2, 0.25) is 0 Å². The number of hydrogen-bond acceptors (Lipinski definition) is 5. The number of thiocarbonyl (C=S) groups is 1. The Morgan fingerprint density at radius 3 is 2.57 bits per heavy atom. The van der Waals surface area contributed by atoms with Crippen LogP contribution in [0, 0.1) is 10.1 Å². The number of alkyl halides is 3. The number of rotatable bonds is 5. The Hall–Kier alpha value is -3.21. The lowest BCUT2D eigenvalue weighted by Crippen LogP contribution is -2.34. The molecule has 0 aliphatic heterocycles. The van der Waals surface area contributed by atoms with Crippen molar-refractivity contribution < 1.29 is 27.6 Å². The van der Waals surface area contributed by atoms with Gasteiger partial charge in [0.25, 0.3) is 5.91 Å². The van der Waals surface area contributed by atoms with Crippen LogP contribution in [0.15, 0.2) is 42.5 Å². The summed E-state index contributed by atoms with van der Waals surface area (Å²) in [7, 11) is 0. The molecule has 28 heavy (non-hydrogen) atoms. The number of nitro benzene ring substituents is 1. The van der Waals surface area contributed by atoms with E-state index in [4.69, 9.17) is 17.0 Å². The molecular weight excluding hydrogens is 399 g/mol. The van der Waals surface area contributed by atoms with Crippen LogP contribution < -0.4 is 15.4 Å². The third kappa shape index (κ3) is 5.39. The fourth-order valence-electron chi connectivity index (χ4n) is 2.19. The molecule has 0 aromatic heterocycles. The lowest BCUT2D eigenvalue weighted by molar-refractivity contribution is -0.385. The highest BCUT2D eigenvalue weighted by Gasteiger charge is 2.30. The zero-order valence-electron chi connectivity index (χ0n) is 14.4. The van der Waals surface area contributed by atoms with Gasteiger partial charge < -0.3 is 10.1 Å². The first-order chi connectivity index (χ1) is 13.1. The molecule has 1 amide bonds. The van der Waals surface area contributed by atoms with Gasteiger partial charge in [0.15, 0.2) is 10.9 Å². The van der Waals surface area contributed by atoms with Crippen molar-refractivity contribution in [1.82, 2.24) is 5.32 Å². The topological polar surface area (TPSA) is 93.5 Å². The fourth-order valence-corrected chi connectivity index (χ4v) is 2.40. The van der Waals surface area contributed by atoms with Crippen LogP contribution in [0.3, 0.4) is 0 Å². The van der Waals surface area contributed by atoms with Crippen LogP contribution in [-0.2, 0) is 6.18 Å². The second-order valence-electron chi connectivity index (χ2n) is 5.36. The quantitative estimate of drug-likeness (QED) is 0.435. The van der Waals surface area contributed by atoms with Gasteiger partial charge >= 0.3 is 11.9 Å². The van der Waals surface area contributed by atoms with Crippen molar-refractivity contribution in [3.8, 4) is 5.75 Å². The summed E-state index contributed by atoms with van der Waals surface area (Å²) < 4.78 is 43.3. The van der Waals surface area contributed by atoms with Gasteiger partial charge in [0, 0.05) is 17.3 Å². The summed E-state index contributed by atoms with van der Waals surface area (Å²) in [6.45, 7) is 1.86. The van der Waals surface area contributed by atoms with Crippen LogP contribution in [0.1, 0.15) is 22.8 Å². The molecule has 2 aromatic carbocycles. The molecule has 0 radical (unpaired) electrons. The van der Waals surface area contributed by atoms with Gasteiger partial charge in [-0.25, -0.2) is 0 Å². The van der Waals surface area contributed by atoms with E-state index in [0.717, 1.165) is 18.2 Å². The molecule has 148 valence electrons. The Kier molecular flexibility index (Phi) is 6.52. The zero-order chi connectivity index (χ0) is 20.9. The monoisotopic (exact) mass is 413 g/mol. The molecule has 2 rings (SSSR count). The third-order valence-electron chi connectivity index (χ3n) is 3.39. The van der Waals surface area contributed by atoms with Crippen LogP contribution in [0.2, 0.25) is 0 Å². The molecule has 0 bridgehead atoms. The van der Waals surface area contributed by atoms with Crippen LogP contribution in [0.4, 0.5) is 24.5 Å². The highest BCUT2D eigenvalue weighted by molar-refractivity contribution is 7.80. The maximum absolute atomic E-state index is 12.7. The van der Waals surface area contributed by atoms with Crippen LogP contribution in [0.25, 0.3) is 0 Å². The Bertz CT molecular complexity index is 919. The maximum atomic E-state index is 12.7. The molecule has 0 heterocycles. The number of carbonyl (C=O) groups excluding carboxylic acids is 1. The molecule has 0 atom stereocenters. The third-order valence-corrected chi connectivity index (χ3v) is 3.60. The summed E-state index contributed by atoms with van der Waals surface area (Å²) in [5.41, 5.74) is -1.32. The normalized spacial score (nSPS) is 10.9. The number of nitrogens with zero attached hydrogens (tertiary/aromatic N) is 1. The first-order valence-corrected chi connectivity index (χ1v) is 8.23. The first-order valence-electron chi connectivity index (χ1n) is 7.82. The molecule has 0 aliphatic carbocycles.